The Bertz CT molecular complexity index is 1400. The zero-order valence-electron chi connectivity index (χ0n) is 17.6. The molecule has 0 aliphatic carbocycles. The van der Waals surface area contributed by atoms with Gasteiger partial charge in [0, 0.05) is 42.3 Å². The molecule has 0 amide bonds. The van der Waals surface area contributed by atoms with E-state index in [1.165, 1.54) is 55.0 Å². The third kappa shape index (κ3) is 4.33. The molecule has 34 heavy (non-hydrogen) atoms. The number of nitrogens with zero attached hydrogens (tertiary/aromatic N) is 2. The van der Waals surface area contributed by atoms with Crippen molar-refractivity contribution < 1.29 is 37.0 Å². The molecule has 3 aromatic rings. The molecule has 0 spiro atoms. The molecule has 1 aromatic carbocycles. The lowest BCUT2D eigenvalue weighted by Gasteiger charge is -2.13. The van der Waals surface area contributed by atoms with Crippen LogP contribution in [0.4, 0.5) is 4.39 Å². The number of rotatable bonds is 6. The van der Waals surface area contributed by atoms with E-state index < -0.39 is 39.8 Å². The second-order valence-electron chi connectivity index (χ2n) is 7.13. The van der Waals surface area contributed by atoms with Crippen molar-refractivity contribution in [2.24, 2.45) is 0 Å². The van der Waals surface area contributed by atoms with Crippen LogP contribution in [0.1, 0.15) is 11.1 Å². The predicted octanol–water partition coefficient (Wildman–Crippen LogP) is 1.40. The number of hydrogen-bond acceptors (Lipinski definition) is 9. The molecule has 1 atom stereocenters. The summed E-state index contributed by atoms with van der Waals surface area (Å²) in [5.74, 6) is -3.28. The second-order valence-corrected chi connectivity index (χ2v) is 8.94. The SMILES string of the molecule is CNCc1cc(-c2cccc(C3=CC(=O)OC(O)OC3=O)c2F)n(S(=O)(=O)c2cccnc2)c1. The highest BCUT2D eigenvalue weighted by Gasteiger charge is 2.29. The summed E-state index contributed by atoms with van der Waals surface area (Å²) < 4.78 is 52.3. The van der Waals surface area contributed by atoms with E-state index >= 15 is 4.39 Å². The van der Waals surface area contributed by atoms with E-state index in [1.54, 1.807) is 7.05 Å². The molecule has 2 aromatic heterocycles. The minimum Gasteiger partial charge on any atom is -0.397 e. The number of carbonyl (C=O) groups excluding carboxylic acids is 2. The number of benzene rings is 1. The largest absolute Gasteiger partial charge is 0.397 e. The molecule has 0 radical (unpaired) electrons. The van der Waals surface area contributed by atoms with E-state index in [0.29, 0.717) is 18.2 Å². The fraction of sp³-hybridized carbons (Fsp3) is 0.136. The van der Waals surface area contributed by atoms with Gasteiger partial charge in [0.05, 0.1) is 11.3 Å². The number of carbonyl (C=O) groups is 2. The zero-order valence-corrected chi connectivity index (χ0v) is 18.5. The van der Waals surface area contributed by atoms with Gasteiger partial charge in [0.2, 0.25) is 0 Å². The highest BCUT2D eigenvalue weighted by molar-refractivity contribution is 7.90. The van der Waals surface area contributed by atoms with Gasteiger partial charge in [0.1, 0.15) is 10.7 Å². The Balaban J connectivity index is 1.90. The van der Waals surface area contributed by atoms with Crippen LogP contribution in [-0.2, 0) is 35.6 Å². The Hall–Kier alpha value is -3.87. The van der Waals surface area contributed by atoms with Crippen LogP contribution in [0.2, 0.25) is 0 Å². The first-order valence-electron chi connectivity index (χ1n) is 9.84. The third-order valence-corrected chi connectivity index (χ3v) is 6.54. The van der Waals surface area contributed by atoms with Gasteiger partial charge in [-0.1, -0.05) is 12.1 Å². The van der Waals surface area contributed by atoms with E-state index in [4.69, 9.17) is 0 Å². The van der Waals surface area contributed by atoms with Crippen LogP contribution in [-0.4, -0.2) is 47.9 Å². The molecule has 0 saturated carbocycles. The van der Waals surface area contributed by atoms with E-state index in [9.17, 15) is 23.1 Å². The number of ether oxygens (including phenoxy) is 2. The van der Waals surface area contributed by atoms with Crippen LogP contribution in [0.5, 0.6) is 0 Å². The first kappa shape index (κ1) is 23.3. The third-order valence-electron chi connectivity index (χ3n) is 4.89. The van der Waals surface area contributed by atoms with Gasteiger partial charge < -0.3 is 19.9 Å². The molecule has 12 heteroatoms. The Kier molecular flexibility index (Phi) is 6.28. The molecule has 0 fully saturated rings. The minimum atomic E-state index is -4.16. The number of nitrogens with one attached hydrogen (secondary N) is 1. The molecular weight excluding hydrogens is 469 g/mol. The lowest BCUT2D eigenvalue weighted by atomic mass is 10.00. The Labute approximate surface area is 193 Å². The van der Waals surface area contributed by atoms with Gasteiger partial charge in [-0.15, -0.1) is 0 Å². The summed E-state index contributed by atoms with van der Waals surface area (Å²) in [7, 11) is -2.48. The molecule has 3 heterocycles. The maximum absolute atomic E-state index is 15.7. The molecule has 176 valence electrons. The van der Waals surface area contributed by atoms with Crippen molar-refractivity contribution in [3.63, 3.8) is 0 Å². The van der Waals surface area contributed by atoms with Gasteiger partial charge in [-0.3, -0.25) is 4.98 Å². The average Bonchev–Trinajstić information content (AvgIpc) is 3.17. The number of halogens is 1. The first-order valence-corrected chi connectivity index (χ1v) is 11.3. The number of esters is 2. The summed E-state index contributed by atoms with van der Waals surface area (Å²) in [5, 5.41) is 12.3. The van der Waals surface area contributed by atoms with Crippen molar-refractivity contribution in [2.45, 2.75) is 17.9 Å². The molecule has 1 aliphatic heterocycles. The van der Waals surface area contributed by atoms with E-state index in [-0.39, 0.29) is 21.7 Å². The summed E-state index contributed by atoms with van der Waals surface area (Å²) in [5.41, 5.74) is -0.452. The van der Waals surface area contributed by atoms with Crippen molar-refractivity contribution in [1.82, 2.24) is 14.3 Å². The molecule has 2 N–H and O–H groups in total. The van der Waals surface area contributed by atoms with Crippen LogP contribution in [0.25, 0.3) is 16.8 Å². The van der Waals surface area contributed by atoms with Crippen LogP contribution in [0.3, 0.4) is 0 Å². The van der Waals surface area contributed by atoms with Gasteiger partial charge >= 0.3 is 18.4 Å². The summed E-state index contributed by atoms with van der Waals surface area (Å²) >= 11 is 0. The standard InChI is InChI=1S/C22H18FN3O7S/c1-24-10-13-8-18(26(12-13)34(30,31)14-4-3-7-25-11-14)16-6-2-5-15(20(16)23)17-9-19(27)32-22(29)33-21(17)28/h2-9,11-12,22,24,29H,10H2,1H3. The quantitative estimate of drug-likeness (QED) is 0.495. The number of aliphatic hydroxyl groups excluding tert-OH is 1. The van der Waals surface area contributed by atoms with Crippen LogP contribution in [0, 0.1) is 5.82 Å². The van der Waals surface area contributed by atoms with E-state index in [2.05, 4.69) is 19.8 Å². The Morgan fingerprint density at radius 3 is 2.65 bits per heavy atom. The monoisotopic (exact) mass is 487 g/mol. The van der Waals surface area contributed by atoms with E-state index in [1.807, 2.05) is 0 Å². The van der Waals surface area contributed by atoms with E-state index in [0.717, 1.165) is 3.97 Å². The fourth-order valence-corrected chi connectivity index (χ4v) is 4.78. The summed E-state index contributed by atoms with van der Waals surface area (Å²) in [4.78, 5) is 27.8. The molecule has 10 nitrogen and oxygen atoms in total. The molecule has 1 aliphatic rings. The van der Waals surface area contributed by atoms with Gasteiger partial charge in [0.15, 0.2) is 0 Å². The van der Waals surface area contributed by atoms with Crippen LogP contribution >= 0.6 is 0 Å². The van der Waals surface area contributed by atoms with Gasteiger partial charge in [-0.2, -0.15) is 0 Å². The van der Waals surface area contributed by atoms with Crippen molar-refractivity contribution >= 4 is 27.5 Å². The molecular formula is C22H18FN3O7S. The first-order chi connectivity index (χ1) is 16.2. The molecule has 0 bridgehead atoms. The van der Waals surface area contributed by atoms with Gasteiger partial charge in [-0.25, -0.2) is 26.4 Å². The smallest absolute Gasteiger partial charge is 0.362 e. The van der Waals surface area contributed by atoms with Gasteiger partial charge in [0.25, 0.3) is 10.0 Å². The molecule has 4 rings (SSSR count). The number of cyclic esters (lactones) is 2. The van der Waals surface area contributed by atoms with Crippen LogP contribution < -0.4 is 5.32 Å². The number of aliphatic hydroxyl groups is 1. The second kappa shape index (κ2) is 9.17. The maximum atomic E-state index is 15.7. The molecule has 0 saturated heterocycles. The van der Waals surface area contributed by atoms with Crippen molar-refractivity contribution in [3.05, 3.63) is 78.0 Å². The number of pyridine rings is 1. The van der Waals surface area contributed by atoms with Crippen LogP contribution in [0.15, 0.2) is 66.0 Å². The summed E-state index contributed by atoms with van der Waals surface area (Å²) in [6, 6.07) is 8.25. The predicted molar refractivity (Wildman–Crippen MR) is 116 cm³/mol. The Morgan fingerprint density at radius 1 is 1.18 bits per heavy atom. The summed E-state index contributed by atoms with van der Waals surface area (Å²) in [6.45, 7) is -1.84. The van der Waals surface area contributed by atoms with Crippen molar-refractivity contribution in [2.75, 3.05) is 7.05 Å². The Morgan fingerprint density at radius 2 is 1.94 bits per heavy atom. The number of hydrogen-bond donors (Lipinski definition) is 2. The fourth-order valence-electron chi connectivity index (χ4n) is 3.42. The highest BCUT2D eigenvalue weighted by Crippen LogP contribution is 2.33. The molecule has 1 unspecified atom stereocenters. The zero-order chi connectivity index (χ0) is 24.5. The minimum absolute atomic E-state index is 0.0151. The van der Waals surface area contributed by atoms with Crippen molar-refractivity contribution in [3.8, 4) is 11.3 Å². The average molecular weight is 487 g/mol. The van der Waals surface area contributed by atoms with Crippen molar-refractivity contribution in [1.29, 1.82) is 0 Å². The maximum Gasteiger partial charge on any atom is 0.362 e. The number of aromatic nitrogens is 2. The van der Waals surface area contributed by atoms with Gasteiger partial charge in [-0.05, 0) is 36.9 Å². The lowest BCUT2D eigenvalue weighted by Crippen LogP contribution is -2.20. The highest BCUT2D eigenvalue weighted by atomic mass is 32.2. The summed E-state index contributed by atoms with van der Waals surface area (Å²) in [6.07, 6.45) is 4.64. The topological polar surface area (TPSA) is 137 Å². The lowest BCUT2D eigenvalue weighted by molar-refractivity contribution is -0.237. The normalized spacial score (nSPS) is 16.4.